The van der Waals surface area contributed by atoms with Gasteiger partial charge in [0.25, 0.3) is 0 Å². The first-order chi connectivity index (χ1) is 9.06. The predicted molar refractivity (Wildman–Crippen MR) is 68.6 cm³/mol. The van der Waals surface area contributed by atoms with Crippen LogP contribution < -0.4 is 11.1 Å². The van der Waals surface area contributed by atoms with Crippen LogP contribution in [0.15, 0.2) is 42.5 Å². The Balaban J connectivity index is 2.10. The smallest absolute Gasteiger partial charge is 0.248 e. The van der Waals surface area contributed by atoms with Crippen LogP contribution in [0.4, 0.5) is 14.5 Å². The molecule has 0 heterocycles. The summed E-state index contributed by atoms with van der Waals surface area (Å²) in [6.07, 6.45) is 0. The minimum absolute atomic E-state index is 0.189. The number of amides is 1. The minimum Gasteiger partial charge on any atom is -0.381 e. The minimum atomic E-state index is -0.614. The molecule has 2 aromatic carbocycles. The summed E-state index contributed by atoms with van der Waals surface area (Å²) in [4.78, 5) is 11.0. The molecule has 0 aromatic heterocycles. The number of nitrogens with one attached hydrogen (secondary N) is 1. The van der Waals surface area contributed by atoms with Crippen molar-refractivity contribution in [3.63, 3.8) is 0 Å². The van der Waals surface area contributed by atoms with Crippen LogP contribution in [0.3, 0.4) is 0 Å². The highest BCUT2D eigenvalue weighted by molar-refractivity contribution is 5.93. The summed E-state index contributed by atoms with van der Waals surface area (Å²) in [6, 6.07) is 9.96. The summed E-state index contributed by atoms with van der Waals surface area (Å²) < 4.78 is 26.1. The van der Waals surface area contributed by atoms with Gasteiger partial charge < -0.3 is 11.1 Å². The number of nitrogens with two attached hydrogens (primary N) is 1. The number of benzene rings is 2. The van der Waals surface area contributed by atoms with Crippen molar-refractivity contribution < 1.29 is 13.6 Å². The van der Waals surface area contributed by atoms with Crippen molar-refractivity contribution in [3.05, 3.63) is 65.2 Å². The lowest BCUT2D eigenvalue weighted by atomic mass is 10.1. The van der Waals surface area contributed by atoms with Gasteiger partial charge in [0.05, 0.1) is 0 Å². The molecule has 0 aliphatic heterocycles. The molecule has 0 radical (unpaired) electrons. The number of anilines is 1. The van der Waals surface area contributed by atoms with Gasteiger partial charge in [-0.1, -0.05) is 12.1 Å². The Morgan fingerprint density at radius 2 is 1.95 bits per heavy atom. The van der Waals surface area contributed by atoms with Gasteiger partial charge in [-0.05, 0) is 24.3 Å². The van der Waals surface area contributed by atoms with Gasteiger partial charge in [0.1, 0.15) is 11.6 Å². The van der Waals surface area contributed by atoms with Crippen LogP contribution in [0.2, 0.25) is 0 Å². The Hall–Kier alpha value is -2.43. The van der Waals surface area contributed by atoms with E-state index in [4.69, 9.17) is 5.73 Å². The number of primary amides is 1. The van der Waals surface area contributed by atoms with E-state index in [1.807, 2.05) is 0 Å². The van der Waals surface area contributed by atoms with Gasteiger partial charge in [0.15, 0.2) is 0 Å². The molecule has 0 saturated carbocycles. The monoisotopic (exact) mass is 262 g/mol. The van der Waals surface area contributed by atoms with E-state index >= 15 is 0 Å². The quantitative estimate of drug-likeness (QED) is 0.890. The summed E-state index contributed by atoms with van der Waals surface area (Å²) in [6.45, 7) is 0.189. The van der Waals surface area contributed by atoms with Gasteiger partial charge >= 0.3 is 0 Å². The second-order valence-electron chi connectivity index (χ2n) is 4.03. The fourth-order valence-corrected chi connectivity index (χ4v) is 1.64. The van der Waals surface area contributed by atoms with Gasteiger partial charge in [0.2, 0.25) is 5.91 Å². The zero-order valence-electron chi connectivity index (χ0n) is 9.99. The van der Waals surface area contributed by atoms with Crippen LogP contribution in [0.1, 0.15) is 15.9 Å². The summed E-state index contributed by atoms with van der Waals surface area (Å²) in [5.41, 5.74) is 6.51. The summed E-state index contributed by atoms with van der Waals surface area (Å²) >= 11 is 0. The van der Waals surface area contributed by atoms with E-state index in [1.165, 1.54) is 12.1 Å². The van der Waals surface area contributed by atoms with Gasteiger partial charge in [-0.25, -0.2) is 8.78 Å². The maximum Gasteiger partial charge on any atom is 0.248 e. The van der Waals surface area contributed by atoms with Crippen LogP contribution in [-0.2, 0) is 6.54 Å². The van der Waals surface area contributed by atoms with Gasteiger partial charge in [-0.15, -0.1) is 0 Å². The van der Waals surface area contributed by atoms with Crippen molar-refractivity contribution in [2.45, 2.75) is 6.54 Å². The summed E-state index contributed by atoms with van der Waals surface area (Å²) in [5, 5.41) is 2.95. The fourth-order valence-electron chi connectivity index (χ4n) is 1.64. The van der Waals surface area contributed by atoms with E-state index in [1.54, 1.807) is 24.3 Å². The van der Waals surface area contributed by atoms with E-state index in [0.29, 0.717) is 16.8 Å². The average molecular weight is 262 g/mol. The predicted octanol–water partition coefficient (Wildman–Crippen LogP) is 2.68. The maximum absolute atomic E-state index is 13.4. The van der Waals surface area contributed by atoms with Crippen LogP contribution in [0.5, 0.6) is 0 Å². The standard InChI is InChI=1S/C14H12F2N2O/c15-11-5-4-10(13(16)7-11)8-18-12-3-1-2-9(6-12)14(17)19/h1-7,18H,8H2,(H2,17,19). The third kappa shape index (κ3) is 3.28. The van der Waals surface area contributed by atoms with Crippen molar-refractivity contribution in [2.24, 2.45) is 5.73 Å². The highest BCUT2D eigenvalue weighted by Gasteiger charge is 2.05. The van der Waals surface area contributed by atoms with Crippen molar-refractivity contribution in [1.29, 1.82) is 0 Å². The van der Waals surface area contributed by atoms with Crippen LogP contribution >= 0.6 is 0 Å². The van der Waals surface area contributed by atoms with Crippen molar-refractivity contribution in [3.8, 4) is 0 Å². The molecule has 1 amide bonds. The van der Waals surface area contributed by atoms with E-state index < -0.39 is 17.5 Å². The molecular formula is C14H12F2N2O. The third-order valence-electron chi connectivity index (χ3n) is 2.65. The topological polar surface area (TPSA) is 55.1 Å². The Morgan fingerprint density at radius 3 is 2.63 bits per heavy atom. The summed E-state index contributed by atoms with van der Waals surface area (Å²) in [7, 11) is 0. The molecule has 2 aromatic rings. The average Bonchev–Trinajstić information content (AvgIpc) is 2.38. The lowest BCUT2D eigenvalue weighted by Crippen LogP contribution is -2.11. The van der Waals surface area contributed by atoms with E-state index in [2.05, 4.69) is 5.32 Å². The van der Waals surface area contributed by atoms with Crippen molar-refractivity contribution >= 4 is 11.6 Å². The lowest BCUT2D eigenvalue weighted by Gasteiger charge is -2.08. The zero-order chi connectivity index (χ0) is 13.8. The van der Waals surface area contributed by atoms with Gasteiger partial charge in [-0.2, -0.15) is 0 Å². The van der Waals surface area contributed by atoms with Gasteiger partial charge in [-0.3, -0.25) is 4.79 Å². The number of carbonyl (C=O) groups excluding carboxylic acids is 1. The van der Waals surface area contributed by atoms with Crippen molar-refractivity contribution in [2.75, 3.05) is 5.32 Å². The molecule has 5 heteroatoms. The molecule has 0 unspecified atom stereocenters. The molecule has 0 spiro atoms. The molecule has 3 N–H and O–H groups in total. The molecule has 2 rings (SSSR count). The molecule has 0 fully saturated rings. The fraction of sp³-hybridized carbons (Fsp3) is 0.0714. The zero-order valence-corrected chi connectivity index (χ0v) is 9.99. The molecular weight excluding hydrogens is 250 g/mol. The van der Waals surface area contributed by atoms with E-state index in [-0.39, 0.29) is 6.54 Å². The molecule has 19 heavy (non-hydrogen) atoms. The molecule has 0 atom stereocenters. The van der Waals surface area contributed by atoms with Crippen LogP contribution in [-0.4, -0.2) is 5.91 Å². The Bertz CT molecular complexity index is 614. The number of hydrogen-bond acceptors (Lipinski definition) is 2. The Labute approximate surface area is 109 Å². The van der Waals surface area contributed by atoms with Gasteiger partial charge in [0, 0.05) is 29.4 Å². The van der Waals surface area contributed by atoms with Crippen LogP contribution in [0.25, 0.3) is 0 Å². The number of halogens is 2. The highest BCUT2D eigenvalue weighted by atomic mass is 19.1. The largest absolute Gasteiger partial charge is 0.381 e. The van der Waals surface area contributed by atoms with Crippen molar-refractivity contribution in [1.82, 2.24) is 0 Å². The number of hydrogen-bond donors (Lipinski definition) is 2. The molecule has 0 bridgehead atoms. The SMILES string of the molecule is NC(=O)c1cccc(NCc2ccc(F)cc2F)c1. The third-order valence-corrected chi connectivity index (χ3v) is 2.65. The van der Waals surface area contributed by atoms with Crippen LogP contribution in [0, 0.1) is 11.6 Å². The van der Waals surface area contributed by atoms with E-state index in [0.717, 1.165) is 6.07 Å². The highest BCUT2D eigenvalue weighted by Crippen LogP contribution is 2.14. The molecule has 0 aliphatic rings. The molecule has 3 nitrogen and oxygen atoms in total. The molecule has 0 aliphatic carbocycles. The second kappa shape index (κ2) is 5.48. The lowest BCUT2D eigenvalue weighted by molar-refractivity contribution is 0.100. The normalized spacial score (nSPS) is 10.2. The Morgan fingerprint density at radius 1 is 1.16 bits per heavy atom. The number of carbonyl (C=O) groups is 1. The van der Waals surface area contributed by atoms with E-state index in [9.17, 15) is 13.6 Å². The second-order valence-corrected chi connectivity index (χ2v) is 4.03. The Kier molecular flexibility index (Phi) is 3.75. The molecule has 0 saturated heterocycles. The number of rotatable bonds is 4. The first-order valence-electron chi connectivity index (χ1n) is 5.64. The maximum atomic E-state index is 13.4. The first kappa shape index (κ1) is 13.0. The summed E-state index contributed by atoms with van der Waals surface area (Å²) in [5.74, 6) is -1.76. The first-order valence-corrected chi connectivity index (χ1v) is 5.64. The molecule has 98 valence electrons.